The van der Waals surface area contributed by atoms with Crippen LogP contribution in [0, 0.1) is 0 Å². The molecule has 2 aliphatic rings. The van der Waals surface area contributed by atoms with Crippen LogP contribution in [0.1, 0.15) is 38.5 Å². The zero-order chi connectivity index (χ0) is 11.9. The molecule has 0 amide bonds. The highest BCUT2D eigenvalue weighted by Gasteiger charge is 1.96. The second-order valence-corrected chi connectivity index (χ2v) is 6.17. The van der Waals surface area contributed by atoms with Gasteiger partial charge in [-0.2, -0.15) is 23.5 Å². The van der Waals surface area contributed by atoms with Crippen LogP contribution in [0.25, 0.3) is 0 Å². The Bertz CT molecular complexity index is 111. The molecule has 0 N–H and O–H groups in total. The third kappa shape index (κ3) is 14.1. The van der Waals surface area contributed by atoms with E-state index < -0.39 is 0 Å². The monoisotopic (exact) mass is 260 g/mol. The first-order valence-corrected chi connectivity index (χ1v) is 8.44. The molecule has 0 saturated carbocycles. The van der Waals surface area contributed by atoms with E-state index in [9.17, 15) is 0 Å². The summed E-state index contributed by atoms with van der Waals surface area (Å²) in [6, 6.07) is 0. The van der Waals surface area contributed by atoms with Crippen molar-refractivity contribution in [2.75, 3.05) is 23.0 Å². The Labute approximate surface area is 109 Å². The van der Waals surface area contributed by atoms with Gasteiger partial charge in [0.25, 0.3) is 0 Å². The summed E-state index contributed by atoms with van der Waals surface area (Å²) >= 11 is 4.19. The Morgan fingerprint density at radius 1 is 0.750 bits per heavy atom. The molecule has 0 aromatic rings. The molecule has 0 aromatic heterocycles. The molecule has 0 aliphatic carbocycles. The lowest BCUT2D eigenvalue weighted by Gasteiger charge is -2.05. The minimum absolute atomic E-state index is 0.639. The molecular weight excluding hydrogens is 236 g/mol. The molecule has 2 heterocycles. The lowest BCUT2D eigenvalue weighted by atomic mass is 10.3. The largest absolute Gasteiger partial charge is 0.299 e. The second-order valence-electron chi connectivity index (χ2n) is 3.72. The maximum Gasteiger partial charge on any atom is 0.142 e. The molecule has 2 rings (SSSR count). The summed E-state index contributed by atoms with van der Waals surface area (Å²) in [6.07, 6.45) is 10.6. The highest BCUT2D eigenvalue weighted by atomic mass is 32.2. The summed E-state index contributed by atoms with van der Waals surface area (Å²) in [5.41, 5.74) is 0. The molecule has 0 atom stereocenters. The number of rotatable bonds is 1. The Hall–Kier alpha value is 0.110. The van der Waals surface area contributed by atoms with Crippen molar-refractivity contribution < 1.29 is 4.79 Å². The van der Waals surface area contributed by atoms with Gasteiger partial charge in [0, 0.05) is 0 Å². The van der Waals surface area contributed by atoms with Crippen molar-refractivity contribution in [2.24, 2.45) is 0 Å². The average molecular weight is 260 g/mol. The van der Waals surface area contributed by atoms with Gasteiger partial charge in [-0.05, 0) is 54.8 Å². The predicted octanol–water partition coefficient (Wildman–Crippen LogP) is 4.18. The van der Waals surface area contributed by atoms with Crippen LogP contribution in [0.4, 0.5) is 0 Å². The van der Waals surface area contributed by atoms with Crippen molar-refractivity contribution in [3.8, 4) is 0 Å². The van der Waals surface area contributed by atoms with E-state index in [1.165, 1.54) is 67.6 Å². The molecule has 2 aliphatic heterocycles. The number of carbonyl (C=O) groups is 1. The summed E-state index contributed by atoms with van der Waals surface area (Å²) in [5.74, 6) is 5.67. The van der Waals surface area contributed by atoms with Crippen LogP contribution in [-0.2, 0) is 4.79 Å². The van der Waals surface area contributed by atoms with E-state index in [2.05, 4.69) is 30.1 Å². The van der Waals surface area contributed by atoms with Crippen LogP contribution in [0.15, 0.2) is 12.7 Å². The first-order chi connectivity index (χ1) is 7.91. The first kappa shape index (κ1) is 16.1. The van der Waals surface area contributed by atoms with E-state index >= 15 is 0 Å². The maximum atomic E-state index is 9.06. The highest BCUT2D eigenvalue weighted by molar-refractivity contribution is 7.99. The molecule has 0 aromatic carbocycles. The Balaban J connectivity index is 0.000000217. The smallest absolute Gasteiger partial charge is 0.142 e. The minimum atomic E-state index is 0.639. The van der Waals surface area contributed by atoms with Crippen molar-refractivity contribution in [1.82, 2.24) is 0 Å². The van der Waals surface area contributed by atoms with E-state index in [-0.39, 0.29) is 0 Å². The molecule has 2 saturated heterocycles. The lowest BCUT2D eigenvalue weighted by molar-refractivity contribution is -0.104. The quantitative estimate of drug-likeness (QED) is 0.520. The normalized spacial score (nSPS) is 19.2. The number of hydrogen-bond donors (Lipinski definition) is 0. The third-order valence-electron chi connectivity index (χ3n) is 2.25. The number of hydrogen-bond acceptors (Lipinski definition) is 3. The number of aldehydes is 1. The van der Waals surface area contributed by atoms with Crippen LogP contribution >= 0.6 is 23.5 Å². The van der Waals surface area contributed by atoms with Gasteiger partial charge < -0.3 is 0 Å². The SMILES string of the molecule is C1CCSCC1.C1CCSCC1.C=CC=O. The van der Waals surface area contributed by atoms with Crippen LogP contribution in [0.5, 0.6) is 0 Å². The second kappa shape index (κ2) is 15.1. The fourth-order valence-corrected chi connectivity index (χ4v) is 3.42. The van der Waals surface area contributed by atoms with Gasteiger partial charge in [0.15, 0.2) is 0 Å². The fourth-order valence-electron chi connectivity index (χ4n) is 1.37. The third-order valence-corrected chi connectivity index (χ3v) is 4.56. The van der Waals surface area contributed by atoms with Crippen molar-refractivity contribution in [3.05, 3.63) is 12.7 Å². The fraction of sp³-hybridized carbons (Fsp3) is 0.769. The summed E-state index contributed by atoms with van der Waals surface area (Å²) in [4.78, 5) is 9.06. The molecule has 0 bridgehead atoms. The molecule has 1 nitrogen and oxygen atoms in total. The number of allylic oxidation sites excluding steroid dienone is 1. The molecule has 16 heavy (non-hydrogen) atoms. The molecule has 0 spiro atoms. The molecule has 0 radical (unpaired) electrons. The van der Waals surface area contributed by atoms with E-state index in [0.29, 0.717) is 6.29 Å². The highest BCUT2D eigenvalue weighted by Crippen LogP contribution is 2.15. The van der Waals surface area contributed by atoms with E-state index in [4.69, 9.17) is 4.79 Å². The molecular formula is C13H24OS2. The Morgan fingerprint density at radius 3 is 1.12 bits per heavy atom. The number of carbonyl (C=O) groups excluding carboxylic acids is 1. The van der Waals surface area contributed by atoms with E-state index in [1.54, 1.807) is 0 Å². The summed E-state index contributed by atoms with van der Waals surface area (Å²) in [5, 5.41) is 0. The minimum Gasteiger partial charge on any atom is -0.299 e. The van der Waals surface area contributed by atoms with Crippen molar-refractivity contribution >= 4 is 29.8 Å². The van der Waals surface area contributed by atoms with Crippen LogP contribution in [0.2, 0.25) is 0 Å². The molecule has 94 valence electrons. The van der Waals surface area contributed by atoms with Crippen LogP contribution in [0.3, 0.4) is 0 Å². The Morgan fingerprint density at radius 2 is 1.06 bits per heavy atom. The van der Waals surface area contributed by atoms with Crippen molar-refractivity contribution in [2.45, 2.75) is 38.5 Å². The molecule has 0 unspecified atom stereocenters. The van der Waals surface area contributed by atoms with Gasteiger partial charge in [-0.25, -0.2) is 0 Å². The number of thioether (sulfide) groups is 2. The van der Waals surface area contributed by atoms with Gasteiger partial charge in [-0.3, -0.25) is 4.79 Å². The standard InChI is InChI=1S/2C5H10S.C3H4O/c2*1-2-4-6-5-3-1;1-2-3-4/h2*1-5H2;2-3H,1H2. The Kier molecular flexibility index (Phi) is 15.2. The van der Waals surface area contributed by atoms with Gasteiger partial charge in [-0.15, -0.1) is 0 Å². The van der Waals surface area contributed by atoms with Gasteiger partial charge in [0.2, 0.25) is 0 Å². The van der Waals surface area contributed by atoms with E-state index in [1.807, 2.05) is 0 Å². The van der Waals surface area contributed by atoms with Crippen molar-refractivity contribution in [3.63, 3.8) is 0 Å². The molecule has 2 fully saturated rings. The van der Waals surface area contributed by atoms with E-state index in [0.717, 1.165) is 0 Å². The van der Waals surface area contributed by atoms with Gasteiger partial charge >= 0.3 is 0 Å². The zero-order valence-corrected chi connectivity index (χ0v) is 11.8. The molecule has 3 heteroatoms. The van der Waals surface area contributed by atoms with Gasteiger partial charge in [-0.1, -0.05) is 19.4 Å². The first-order valence-electron chi connectivity index (χ1n) is 6.13. The summed E-state index contributed by atoms with van der Waals surface area (Å²) < 4.78 is 0. The summed E-state index contributed by atoms with van der Waals surface area (Å²) in [6.45, 7) is 3.11. The zero-order valence-electron chi connectivity index (χ0n) is 10.2. The van der Waals surface area contributed by atoms with Crippen molar-refractivity contribution in [1.29, 1.82) is 0 Å². The lowest BCUT2D eigenvalue weighted by Crippen LogP contribution is -1.91. The van der Waals surface area contributed by atoms with Crippen LogP contribution < -0.4 is 0 Å². The van der Waals surface area contributed by atoms with Gasteiger partial charge in [0.05, 0.1) is 0 Å². The average Bonchev–Trinajstić information content (AvgIpc) is 2.44. The van der Waals surface area contributed by atoms with Gasteiger partial charge in [0.1, 0.15) is 6.29 Å². The topological polar surface area (TPSA) is 17.1 Å². The predicted molar refractivity (Wildman–Crippen MR) is 78.6 cm³/mol. The van der Waals surface area contributed by atoms with Crippen LogP contribution in [-0.4, -0.2) is 29.3 Å². The maximum absolute atomic E-state index is 9.06. The summed E-state index contributed by atoms with van der Waals surface area (Å²) in [7, 11) is 0.